The third-order valence-electron chi connectivity index (χ3n) is 2.30. The summed E-state index contributed by atoms with van der Waals surface area (Å²) >= 11 is 0. The van der Waals surface area contributed by atoms with E-state index in [4.69, 9.17) is 10.5 Å². The predicted molar refractivity (Wildman–Crippen MR) is 59.9 cm³/mol. The van der Waals surface area contributed by atoms with E-state index < -0.39 is 0 Å². The normalized spacial score (nSPS) is 12.5. The first-order valence-electron chi connectivity index (χ1n) is 5.13. The van der Waals surface area contributed by atoms with Gasteiger partial charge in [0.1, 0.15) is 0 Å². The van der Waals surface area contributed by atoms with Crippen LogP contribution in [-0.4, -0.2) is 18.9 Å². The molecule has 15 heavy (non-hydrogen) atoms. The van der Waals surface area contributed by atoms with Gasteiger partial charge in [-0.25, -0.2) is 0 Å². The molecule has 82 valence electrons. The first kappa shape index (κ1) is 11.9. The Bertz CT molecular complexity index is 319. The largest absolute Gasteiger partial charge is 0.374 e. The van der Waals surface area contributed by atoms with Crippen LogP contribution < -0.4 is 5.73 Å². The molecule has 0 heterocycles. The predicted octanol–water partition coefficient (Wildman–Crippen LogP) is 1.93. The molecule has 3 nitrogen and oxygen atoms in total. The zero-order valence-corrected chi connectivity index (χ0v) is 9.19. The monoisotopic (exact) mass is 207 g/mol. The van der Waals surface area contributed by atoms with Crippen LogP contribution in [-0.2, 0) is 4.74 Å². The quantitative estimate of drug-likeness (QED) is 0.750. The Hall–Kier alpha value is -1.19. The second-order valence-electron chi connectivity index (χ2n) is 3.35. The Kier molecular flexibility index (Phi) is 4.46. The van der Waals surface area contributed by atoms with Crippen molar-refractivity contribution in [2.45, 2.75) is 20.0 Å². The SMILES string of the molecule is CCOC(C)c1ccc(C(=O)CN)cc1. The summed E-state index contributed by atoms with van der Waals surface area (Å²) in [5.74, 6) is -0.0365. The van der Waals surface area contributed by atoms with Crippen LogP contribution in [0.15, 0.2) is 24.3 Å². The van der Waals surface area contributed by atoms with Gasteiger partial charge in [0.25, 0.3) is 0 Å². The molecular formula is C12H17NO2. The van der Waals surface area contributed by atoms with E-state index in [2.05, 4.69) is 0 Å². The Morgan fingerprint density at radius 3 is 2.47 bits per heavy atom. The molecule has 0 fully saturated rings. The zero-order valence-electron chi connectivity index (χ0n) is 9.19. The molecule has 0 saturated carbocycles. The highest BCUT2D eigenvalue weighted by molar-refractivity contribution is 5.97. The third kappa shape index (κ3) is 3.15. The van der Waals surface area contributed by atoms with E-state index in [0.29, 0.717) is 12.2 Å². The molecule has 0 spiro atoms. The number of benzene rings is 1. The lowest BCUT2D eigenvalue weighted by Gasteiger charge is -2.11. The average Bonchev–Trinajstić information content (AvgIpc) is 2.28. The van der Waals surface area contributed by atoms with E-state index in [1.165, 1.54) is 0 Å². The molecule has 0 aliphatic carbocycles. The molecule has 0 saturated heterocycles. The summed E-state index contributed by atoms with van der Waals surface area (Å²) in [5.41, 5.74) is 7.01. The van der Waals surface area contributed by atoms with Crippen LogP contribution >= 0.6 is 0 Å². The van der Waals surface area contributed by atoms with Gasteiger partial charge in [-0.3, -0.25) is 4.79 Å². The molecule has 1 aromatic carbocycles. The van der Waals surface area contributed by atoms with Crippen LogP contribution in [0.1, 0.15) is 35.9 Å². The minimum Gasteiger partial charge on any atom is -0.374 e. The fraction of sp³-hybridized carbons (Fsp3) is 0.417. The van der Waals surface area contributed by atoms with Crippen molar-refractivity contribution in [3.8, 4) is 0 Å². The van der Waals surface area contributed by atoms with Gasteiger partial charge in [0.15, 0.2) is 5.78 Å². The van der Waals surface area contributed by atoms with Gasteiger partial charge >= 0.3 is 0 Å². The fourth-order valence-corrected chi connectivity index (χ4v) is 1.40. The highest BCUT2D eigenvalue weighted by atomic mass is 16.5. The summed E-state index contributed by atoms with van der Waals surface area (Å²) in [6.07, 6.45) is 0.0667. The van der Waals surface area contributed by atoms with Crippen molar-refractivity contribution in [2.75, 3.05) is 13.2 Å². The van der Waals surface area contributed by atoms with Crippen LogP contribution in [0.3, 0.4) is 0 Å². The van der Waals surface area contributed by atoms with Crippen molar-refractivity contribution in [3.05, 3.63) is 35.4 Å². The molecule has 2 N–H and O–H groups in total. The van der Waals surface area contributed by atoms with E-state index in [1.54, 1.807) is 12.1 Å². The van der Waals surface area contributed by atoms with Crippen molar-refractivity contribution < 1.29 is 9.53 Å². The Morgan fingerprint density at radius 1 is 1.40 bits per heavy atom. The van der Waals surface area contributed by atoms with Crippen molar-refractivity contribution in [1.29, 1.82) is 0 Å². The maximum Gasteiger partial charge on any atom is 0.176 e. The molecular weight excluding hydrogens is 190 g/mol. The van der Waals surface area contributed by atoms with Crippen LogP contribution in [0.25, 0.3) is 0 Å². The molecule has 0 amide bonds. The molecule has 0 bridgehead atoms. The van der Waals surface area contributed by atoms with Gasteiger partial charge < -0.3 is 10.5 Å². The number of hydrogen-bond donors (Lipinski definition) is 1. The number of hydrogen-bond acceptors (Lipinski definition) is 3. The zero-order chi connectivity index (χ0) is 11.3. The molecule has 1 rings (SSSR count). The number of ketones is 1. The minimum atomic E-state index is -0.0365. The standard InChI is InChI=1S/C12H17NO2/c1-3-15-9(2)10-4-6-11(7-5-10)12(14)8-13/h4-7,9H,3,8,13H2,1-2H3. The van der Waals surface area contributed by atoms with Crippen molar-refractivity contribution >= 4 is 5.78 Å². The number of ether oxygens (including phenoxy) is 1. The lowest BCUT2D eigenvalue weighted by Crippen LogP contribution is -2.13. The second-order valence-corrected chi connectivity index (χ2v) is 3.35. The maximum absolute atomic E-state index is 11.3. The van der Waals surface area contributed by atoms with Crippen molar-refractivity contribution in [1.82, 2.24) is 0 Å². The molecule has 0 aliphatic heterocycles. The smallest absolute Gasteiger partial charge is 0.176 e. The van der Waals surface area contributed by atoms with Crippen LogP contribution in [0.2, 0.25) is 0 Å². The molecule has 1 atom stereocenters. The lowest BCUT2D eigenvalue weighted by molar-refractivity contribution is 0.0763. The summed E-state index contributed by atoms with van der Waals surface area (Å²) in [4.78, 5) is 11.3. The van der Waals surface area contributed by atoms with E-state index in [9.17, 15) is 4.79 Å². The summed E-state index contributed by atoms with van der Waals surface area (Å²) in [6, 6.07) is 7.40. The lowest BCUT2D eigenvalue weighted by atomic mass is 10.1. The molecule has 1 aromatic rings. The summed E-state index contributed by atoms with van der Waals surface area (Å²) in [7, 11) is 0. The Balaban J connectivity index is 2.76. The van der Waals surface area contributed by atoms with E-state index in [0.717, 1.165) is 5.56 Å². The summed E-state index contributed by atoms with van der Waals surface area (Å²) in [6.45, 7) is 4.69. The van der Waals surface area contributed by atoms with Crippen LogP contribution in [0.5, 0.6) is 0 Å². The maximum atomic E-state index is 11.3. The number of rotatable bonds is 5. The van der Waals surface area contributed by atoms with Gasteiger partial charge in [0.2, 0.25) is 0 Å². The summed E-state index contributed by atoms with van der Waals surface area (Å²) in [5, 5.41) is 0. The minimum absolute atomic E-state index is 0.0365. The van der Waals surface area contributed by atoms with Crippen molar-refractivity contribution in [3.63, 3.8) is 0 Å². The van der Waals surface area contributed by atoms with Gasteiger partial charge in [-0.15, -0.1) is 0 Å². The first-order chi connectivity index (χ1) is 7.19. The molecule has 0 radical (unpaired) electrons. The van der Waals surface area contributed by atoms with E-state index in [-0.39, 0.29) is 18.4 Å². The average molecular weight is 207 g/mol. The molecule has 0 aromatic heterocycles. The molecule has 3 heteroatoms. The molecule has 0 aliphatic rings. The summed E-state index contributed by atoms with van der Waals surface area (Å²) < 4.78 is 5.44. The van der Waals surface area contributed by atoms with Gasteiger partial charge in [0.05, 0.1) is 12.6 Å². The van der Waals surface area contributed by atoms with E-state index in [1.807, 2.05) is 26.0 Å². The highest BCUT2D eigenvalue weighted by Crippen LogP contribution is 2.17. The number of Topliss-reactive ketones (excluding diaryl/α,β-unsaturated/α-hetero) is 1. The number of carbonyl (C=O) groups is 1. The Morgan fingerprint density at radius 2 is 2.00 bits per heavy atom. The van der Waals surface area contributed by atoms with Crippen LogP contribution in [0, 0.1) is 0 Å². The molecule has 1 unspecified atom stereocenters. The van der Waals surface area contributed by atoms with E-state index >= 15 is 0 Å². The van der Waals surface area contributed by atoms with Crippen LogP contribution in [0.4, 0.5) is 0 Å². The van der Waals surface area contributed by atoms with Gasteiger partial charge in [-0.2, -0.15) is 0 Å². The topological polar surface area (TPSA) is 52.3 Å². The highest BCUT2D eigenvalue weighted by Gasteiger charge is 2.06. The van der Waals surface area contributed by atoms with Gasteiger partial charge in [0, 0.05) is 12.2 Å². The van der Waals surface area contributed by atoms with Gasteiger partial charge in [-0.1, -0.05) is 24.3 Å². The number of nitrogens with two attached hydrogens (primary N) is 1. The van der Waals surface area contributed by atoms with Crippen molar-refractivity contribution in [2.24, 2.45) is 5.73 Å². The fourth-order valence-electron chi connectivity index (χ4n) is 1.40. The van der Waals surface area contributed by atoms with Gasteiger partial charge in [-0.05, 0) is 19.4 Å². The first-order valence-corrected chi connectivity index (χ1v) is 5.13. The third-order valence-corrected chi connectivity index (χ3v) is 2.30. The number of carbonyl (C=O) groups excluding carboxylic acids is 1. The second kappa shape index (κ2) is 5.63. The Labute approximate surface area is 90.2 Å².